The molecule has 4 nitrogen and oxygen atoms in total. The fourth-order valence-electron chi connectivity index (χ4n) is 4.13. The first-order chi connectivity index (χ1) is 13.8. The molecule has 0 saturated carbocycles. The van der Waals surface area contributed by atoms with E-state index < -0.39 is 11.7 Å². The van der Waals surface area contributed by atoms with Crippen molar-refractivity contribution < 1.29 is 9.84 Å². The monoisotopic (exact) mass is 410 g/mol. The van der Waals surface area contributed by atoms with Crippen LogP contribution in [0.4, 0.5) is 0 Å². The Bertz CT molecular complexity index is 953. The quantitative estimate of drug-likeness (QED) is 0.742. The van der Waals surface area contributed by atoms with Crippen molar-refractivity contribution >= 4 is 23.8 Å². The molecule has 2 heterocycles. The average molecular weight is 411 g/mol. The van der Waals surface area contributed by atoms with Crippen LogP contribution < -0.4 is 5.32 Å². The lowest BCUT2D eigenvalue weighted by atomic mass is 9.83. The molecule has 0 bridgehead atoms. The summed E-state index contributed by atoms with van der Waals surface area (Å²) in [6.07, 6.45) is 6.11. The first-order valence-corrected chi connectivity index (χ1v) is 10.4. The van der Waals surface area contributed by atoms with Crippen LogP contribution in [0.5, 0.6) is 0 Å². The highest BCUT2D eigenvalue weighted by Gasteiger charge is 2.45. The molecule has 0 amide bonds. The minimum Gasteiger partial charge on any atom is -0.388 e. The van der Waals surface area contributed by atoms with Gasteiger partial charge in [0.25, 0.3) is 0 Å². The normalized spacial score (nSPS) is 25.0. The van der Waals surface area contributed by atoms with Gasteiger partial charge in [-0.15, -0.1) is 0 Å². The lowest BCUT2D eigenvalue weighted by Gasteiger charge is -2.46. The molecule has 5 heteroatoms. The predicted molar refractivity (Wildman–Crippen MR) is 118 cm³/mol. The number of pyridine rings is 1. The van der Waals surface area contributed by atoms with E-state index in [4.69, 9.17) is 16.3 Å². The largest absolute Gasteiger partial charge is 0.388 e. The highest BCUT2D eigenvalue weighted by atomic mass is 35.5. The number of aliphatic hydroxyl groups excluding tert-OH is 1. The van der Waals surface area contributed by atoms with E-state index in [1.807, 2.05) is 51.1 Å². The minimum atomic E-state index is -0.684. The number of nitrogens with one attached hydrogen (secondary N) is 1. The van der Waals surface area contributed by atoms with E-state index in [0.29, 0.717) is 5.15 Å². The number of nitrogens with zero attached hydrogens (tertiary/aromatic N) is 1. The van der Waals surface area contributed by atoms with Crippen molar-refractivity contribution in [3.63, 3.8) is 0 Å². The maximum absolute atomic E-state index is 11.1. The number of aryl methyl sites for hydroxylation is 1. The Hall–Kier alpha value is -1.98. The van der Waals surface area contributed by atoms with E-state index in [1.165, 1.54) is 5.56 Å². The molecule has 1 aromatic heterocycles. The molecular weight excluding hydrogens is 384 g/mol. The van der Waals surface area contributed by atoms with Gasteiger partial charge in [-0.2, -0.15) is 0 Å². The van der Waals surface area contributed by atoms with Crippen molar-refractivity contribution in [2.75, 3.05) is 6.54 Å². The molecule has 2 aromatic rings. The molecule has 29 heavy (non-hydrogen) atoms. The second-order valence-electron chi connectivity index (χ2n) is 8.32. The number of halogens is 1. The highest BCUT2D eigenvalue weighted by molar-refractivity contribution is 6.29. The van der Waals surface area contributed by atoms with Crippen molar-refractivity contribution in [3.05, 3.63) is 75.6 Å². The molecule has 1 fully saturated rings. The topological polar surface area (TPSA) is 54.4 Å². The van der Waals surface area contributed by atoms with E-state index in [-0.39, 0.29) is 12.1 Å². The summed E-state index contributed by atoms with van der Waals surface area (Å²) in [4.78, 5) is 4.52. The zero-order valence-corrected chi connectivity index (χ0v) is 17.8. The van der Waals surface area contributed by atoms with Gasteiger partial charge in [0.2, 0.25) is 0 Å². The number of hydrogen-bond donors (Lipinski definition) is 2. The highest BCUT2D eigenvalue weighted by Crippen LogP contribution is 2.37. The number of aromatic nitrogens is 1. The zero-order chi connectivity index (χ0) is 20.6. The molecule has 3 atom stereocenters. The average Bonchev–Trinajstić information content (AvgIpc) is 2.84. The summed E-state index contributed by atoms with van der Waals surface area (Å²) in [6.45, 7) is 6.66. The molecule has 0 spiro atoms. The third kappa shape index (κ3) is 4.17. The van der Waals surface area contributed by atoms with Crippen LogP contribution in [0.3, 0.4) is 0 Å². The van der Waals surface area contributed by atoms with Gasteiger partial charge in [0.05, 0.1) is 23.4 Å². The molecule has 1 aromatic carbocycles. The van der Waals surface area contributed by atoms with Crippen molar-refractivity contribution in [1.82, 2.24) is 10.3 Å². The van der Waals surface area contributed by atoms with Crippen molar-refractivity contribution in [2.24, 2.45) is 0 Å². The van der Waals surface area contributed by atoms with E-state index in [1.54, 1.807) is 0 Å². The molecule has 2 N–H and O–H groups in total. The Morgan fingerprint density at radius 3 is 2.76 bits per heavy atom. The molecule has 152 valence electrons. The Morgan fingerprint density at radius 1 is 1.24 bits per heavy atom. The lowest BCUT2D eigenvalue weighted by molar-refractivity contribution is -0.145. The molecule has 0 radical (unpaired) electrons. The van der Waals surface area contributed by atoms with Gasteiger partial charge < -0.3 is 15.2 Å². The summed E-state index contributed by atoms with van der Waals surface area (Å²) >= 11 is 6.21. The van der Waals surface area contributed by atoms with Gasteiger partial charge in [0.15, 0.2) is 0 Å². The van der Waals surface area contributed by atoms with E-state index in [0.717, 1.165) is 35.4 Å². The Balaban J connectivity index is 1.66. The molecule has 1 aliphatic carbocycles. The van der Waals surface area contributed by atoms with Gasteiger partial charge in [0, 0.05) is 5.56 Å². The van der Waals surface area contributed by atoms with Crippen LogP contribution in [-0.2, 0) is 11.2 Å². The Kier molecular flexibility index (Phi) is 5.63. The third-order valence-electron chi connectivity index (χ3n) is 5.77. The fourth-order valence-corrected chi connectivity index (χ4v) is 4.38. The summed E-state index contributed by atoms with van der Waals surface area (Å²) in [7, 11) is 0. The molecule has 4 rings (SSSR count). The van der Waals surface area contributed by atoms with Crippen molar-refractivity contribution in [3.8, 4) is 0 Å². The number of hydrogen-bond acceptors (Lipinski definition) is 4. The molecule has 3 unspecified atom stereocenters. The van der Waals surface area contributed by atoms with Crippen LogP contribution in [0, 0.1) is 6.92 Å². The number of benzene rings is 1. The molecule has 1 saturated heterocycles. The number of fused-ring (bicyclic) bond motifs is 2. The third-order valence-corrected chi connectivity index (χ3v) is 5.97. The Morgan fingerprint density at radius 2 is 2.00 bits per heavy atom. The first-order valence-electron chi connectivity index (χ1n) is 10.1. The predicted octanol–water partition coefficient (Wildman–Crippen LogP) is 4.19. The van der Waals surface area contributed by atoms with Crippen LogP contribution in [0.1, 0.15) is 36.2 Å². The summed E-state index contributed by atoms with van der Waals surface area (Å²) in [5.74, 6) is 0. The van der Waals surface area contributed by atoms with Crippen LogP contribution in [0.2, 0.25) is 5.15 Å². The van der Waals surface area contributed by atoms with Crippen LogP contribution in [0.25, 0.3) is 12.2 Å². The smallest absolute Gasteiger partial charge is 0.130 e. The van der Waals surface area contributed by atoms with E-state index in [2.05, 4.69) is 34.6 Å². The molecule has 2 aliphatic rings. The maximum atomic E-state index is 11.1. The second-order valence-corrected chi connectivity index (χ2v) is 8.71. The summed E-state index contributed by atoms with van der Waals surface area (Å²) < 4.78 is 6.26. The van der Waals surface area contributed by atoms with E-state index >= 15 is 0 Å². The summed E-state index contributed by atoms with van der Waals surface area (Å²) in [6, 6.07) is 12.0. The van der Waals surface area contributed by atoms with Crippen LogP contribution >= 0.6 is 11.6 Å². The number of ether oxygens (including phenoxy) is 1. The Labute approximate surface area is 177 Å². The molecular formula is C24H27ClN2O2. The maximum Gasteiger partial charge on any atom is 0.130 e. The number of aliphatic hydroxyl groups is 1. The molecule has 1 aliphatic heterocycles. The zero-order valence-electron chi connectivity index (χ0n) is 17.0. The summed E-state index contributed by atoms with van der Waals surface area (Å²) in [5.41, 5.74) is 4.49. The number of rotatable bonds is 4. The van der Waals surface area contributed by atoms with Crippen LogP contribution in [0.15, 0.2) is 48.0 Å². The SMILES string of the molecule is Cc1cc(Cl)nc2c1C=CC1OC(C)(C)C(O)C(NCCc3ccccc3)C1=C2. The lowest BCUT2D eigenvalue weighted by Crippen LogP contribution is -2.60. The van der Waals surface area contributed by atoms with Crippen molar-refractivity contribution in [1.29, 1.82) is 0 Å². The van der Waals surface area contributed by atoms with Gasteiger partial charge in [-0.3, -0.25) is 0 Å². The van der Waals surface area contributed by atoms with Gasteiger partial charge in [0.1, 0.15) is 11.3 Å². The van der Waals surface area contributed by atoms with Crippen molar-refractivity contribution in [2.45, 2.75) is 51.0 Å². The van der Waals surface area contributed by atoms with Gasteiger partial charge in [-0.25, -0.2) is 4.98 Å². The minimum absolute atomic E-state index is 0.227. The van der Waals surface area contributed by atoms with Gasteiger partial charge in [-0.05, 0) is 62.6 Å². The van der Waals surface area contributed by atoms with Crippen LogP contribution in [-0.4, -0.2) is 40.5 Å². The van der Waals surface area contributed by atoms with Gasteiger partial charge >= 0.3 is 0 Å². The first kappa shape index (κ1) is 20.3. The standard InChI is InChI=1S/C24H27ClN2O2/c1-15-13-21(25)27-19-14-18-20(10-9-17(15)19)29-24(2,3)23(28)22(18)26-12-11-16-7-5-4-6-8-16/h4-10,13-14,20,22-23,26,28H,11-12H2,1-3H3. The second kappa shape index (κ2) is 8.04. The van der Waals surface area contributed by atoms with Gasteiger partial charge in [-0.1, -0.05) is 54.1 Å². The summed E-state index contributed by atoms with van der Waals surface area (Å²) in [5, 5.41) is 15.1. The van der Waals surface area contributed by atoms with E-state index in [9.17, 15) is 5.11 Å². The fraction of sp³-hybridized carbons (Fsp3) is 0.375.